The number of aryl methyl sites for hydroxylation is 1. The maximum Gasteiger partial charge on any atom is 0.338 e. The smallest absolute Gasteiger partial charge is 0.338 e. The van der Waals surface area contributed by atoms with E-state index in [0.29, 0.717) is 31.2 Å². The SMILES string of the molecule is CCOC(=O)C1=C(C)N=c2s/c(=C/c3cccc(Cl)c3)c(=O)n2[C@H]1c1ccc(C)c([N+](=O)[O-])c1. The molecule has 0 bridgehead atoms. The first-order chi connectivity index (χ1) is 16.2. The number of hydrogen-bond acceptors (Lipinski definition) is 7. The van der Waals surface area contributed by atoms with E-state index in [9.17, 15) is 19.7 Å². The molecular formula is C24H20ClN3O5S. The van der Waals surface area contributed by atoms with Gasteiger partial charge in [0, 0.05) is 16.7 Å². The highest BCUT2D eigenvalue weighted by Gasteiger charge is 2.34. The molecule has 0 unspecified atom stereocenters. The highest BCUT2D eigenvalue weighted by molar-refractivity contribution is 7.07. The Bertz CT molecular complexity index is 1540. The monoisotopic (exact) mass is 497 g/mol. The number of thiazole rings is 1. The Labute approximate surface area is 203 Å². The first-order valence-electron chi connectivity index (χ1n) is 10.4. The van der Waals surface area contributed by atoms with Crippen LogP contribution in [0.15, 0.2) is 63.5 Å². The van der Waals surface area contributed by atoms with E-state index < -0.39 is 16.9 Å². The molecule has 2 heterocycles. The number of carbonyl (C=O) groups excluding carboxylic acids is 1. The van der Waals surface area contributed by atoms with Crippen molar-refractivity contribution in [3.63, 3.8) is 0 Å². The van der Waals surface area contributed by atoms with Crippen LogP contribution in [0.4, 0.5) is 5.69 Å². The molecule has 0 saturated carbocycles. The number of nitro benzene ring substituents is 1. The lowest BCUT2D eigenvalue weighted by Gasteiger charge is -2.24. The summed E-state index contributed by atoms with van der Waals surface area (Å²) in [6, 6.07) is 10.8. The van der Waals surface area contributed by atoms with Gasteiger partial charge < -0.3 is 4.74 Å². The molecule has 0 N–H and O–H groups in total. The highest BCUT2D eigenvalue weighted by atomic mass is 35.5. The van der Waals surface area contributed by atoms with E-state index in [4.69, 9.17) is 16.3 Å². The van der Waals surface area contributed by atoms with Gasteiger partial charge in [-0.1, -0.05) is 47.2 Å². The van der Waals surface area contributed by atoms with Gasteiger partial charge in [0.2, 0.25) is 0 Å². The lowest BCUT2D eigenvalue weighted by molar-refractivity contribution is -0.385. The second kappa shape index (κ2) is 9.36. The van der Waals surface area contributed by atoms with Gasteiger partial charge in [0.05, 0.1) is 33.4 Å². The number of esters is 1. The topological polar surface area (TPSA) is 104 Å². The molecule has 10 heteroatoms. The van der Waals surface area contributed by atoms with Crippen LogP contribution in [0, 0.1) is 17.0 Å². The van der Waals surface area contributed by atoms with Gasteiger partial charge in [-0.25, -0.2) is 9.79 Å². The summed E-state index contributed by atoms with van der Waals surface area (Å²) in [5.74, 6) is -0.624. The zero-order valence-corrected chi connectivity index (χ0v) is 20.1. The maximum absolute atomic E-state index is 13.5. The van der Waals surface area contributed by atoms with Gasteiger partial charge in [-0.2, -0.15) is 0 Å². The largest absolute Gasteiger partial charge is 0.463 e. The van der Waals surface area contributed by atoms with E-state index in [1.807, 2.05) is 6.07 Å². The second-order valence-corrected chi connectivity index (χ2v) is 9.11. The molecule has 1 aromatic heterocycles. The lowest BCUT2D eigenvalue weighted by atomic mass is 9.94. The molecular weight excluding hydrogens is 478 g/mol. The van der Waals surface area contributed by atoms with E-state index in [0.717, 1.165) is 5.56 Å². The minimum atomic E-state index is -0.920. The molecule has 4 rings (SSSR count). The number of rotatable bonds is 5. The first-order valence-corrected chi connectivity index (χ1v) is 11.6. The predicted octanol–water partition coefficient (Wildman–Crippen LogP) is 3.67. The Hall–Kier alpha value is -3.56. The summed E-state index contributed by atoms with van der Waals surface area (Å²) in [7, 11) is 0. The molecule has 0 amide bonds. The number of hydrogen-bond donors (Lipinski definition) is 0. The van der Waals surface area contributed by atoms with Crippen molar-refractivity contribution >= 4 is 40.7 Å². The van der Waals surface area contributed by atoms with E-state index in [1.54, 1.807) is 57.2 Å². The van der Waals surface area contributed by atoms with Crippen LogP contribution in [0.3, 0.4) is 0 Å². The molecule has 0 aliphatic carbocycles. The number of nitrogens with zero attached hydrogens (tertiary/aromatic N) is 3. The van der Waals surface area contributed by atoms with Crippen LogP contribution in [0.1, 0.15) is 36.6 Å². The Balaban J connectivity index is 2.00. The van der Waals surface area contributed by atoms with E-state index in [2.05, 4.69) is 4.99 Å². The van der Waals surface area contributed by atoms with Crippen LogP contribution in [0.25, 0.3) is 6.08 Å². The van der Waals surface area contributed by atoms with E-state index >= 15 is 0 Å². The number of benzene rings is 2. The fourth-order valence-corrected chi connectivity index (χ4v) is 5.09. The minimum absolute atomic E-state index is 0.101. The lowest BCUT2D eigenvalue weighted by Crippen LogP contribution is -2.40. The fraction of sp³-hybridized carbons (Fsp3) is 0.208. The predicted molar refractivity (Wildman–Crippen MR) is 130 cm³/mol. The number of allylic oxidation sites excluding steroid dienone is 1. The third-order valence-electron chi connectivity index (χ3n) is 5.41. The molecule has 1 aliphatic rings. The summed E-state index contributed by atoms with van der Waals surface area (Å²) in [5, 5.41) is 12.1. The van der Waals surface area contributed by atoms with Crippen LogP contribution >= 0.6 is 22.9 Å². The molecule has 3 aromatic rings. The van der Waals surface area contributed by atoms with E-state index in [-0.39, 0.29) is 23.4 Å². The highest BCUT2D eigenvalue weighted by Crippen LogP contribution is 2.33. The summed E-state index contributed by atoms with van der Waals surface area (Å²) in [6.45, 7) is 5.11. The second-order valence-electron chi connectivity index (χ2n) is 7.66. The summed E-state index contributed by atoms with van der Waals surface area (Å²) < 4.78 is 7.04. The molecule has 0 fully saturated rings. The number of nitro groups is 1. The van der Waals surface area contributed by atoms with Crippen molar-refractivity contribution in [3.05, 3.63) is 105 Å². The molecule has 0 saturated heterocycles. The quantitative estimate of drug-likeness (QED) is 0.304. The van der Waals surface area contributed by atoms with Crippen molar-refractivity contribution in [2.24, 2.45) is 4.99 Å². The Kier molecular flexibility index (Phi) is 6.49. The molecule has 0 radical (unpaired) electrons. The number of aromatic nitrogens is 1. The number of fused-ring (bicyclic) bond motifs is 1. The molecule has 0 spiro atoms. The normalized spacial score (nSPS) is 15.6. The van der Waals surface area contributed by atoms with Crippen molar-refractivity contribution in [2.75, 3.05) is 6.61 Å². The molecule has 1 aliphatic heterocycles. The van der Waals surface area contributed by atoms with Crippen molar-refractivity contribution in [3.8, 4) is 0 Å². The van der Waals surface area contributed by atoms with Gasteiger partial charge in [-0.05, 0) is 50.1 Å². The van der Waals surface area contributed by atoms with Crippen molar-refractivity contribution in [1.29, 1.82) is 0 Å². The van der Waals surface area contributed by atoms with Gasteiger partial charge >= 0.3 is 5.97 Å². The average molecular weight is 498 g/mol. The van der Waals surface area contributed by atoms with Gasteiger partial charge in [0.15, 0.2) is 4.80 Å². The Morgan fingerprint density at radius 3 is 2.74 bits per heavy atom. The standard InChI is InChI=1S/C24H20ClN3O5S/c1-4-33-23(30)20-14(3)26-24-27(21(20)16-9-8-13(2)18(12-16)28(31)32)22(29)19(34-24)11-15-6-5-7-17(25)10-15/h5-12,21H,4H2,1-3H3/b19-11+/t21-/m0/s1. The Morgan fingerprint density at radius 1 is 1.29 bits per heavy atom. The summed E-state index contributed by atoms with van der Waals surface area (Å²) in [4.78, 5) is 42.5. The maximum atomic E-state index is 13.5. The van der Waals surface area contributed by atoms with Crippen LogP contribution in [-0.2, 0) is 9.53 Å². The third-order valence-corrected chi connectivity index (χ3v) is 6.63. The fourth-order valence-electron chi connectivity index (χ4n) is 3.85. The molecule has 174 valence electrons. The van der Waals surface area contributed by atoms with Crippen molar-refractivity contribution in [2.45, 2.75) is 26.8 Å². The van der Waals surface area contributed by atoms with Gasteiger partial charge in [-0.3, -0.25) is 19.5 Å². The van der Waals surface area contributed by atoms with Gasteiger partial charge in [0.1, 0.15) is 0 Å². The van der Waals surface area contributed by atoms with Crippen LogP contribution in [-0.4, -0.2) is 22.1 Å². The van der Waals surface area contributed by atoms with Gasteiger partial charge in [0.25, 0.3) is 11.2 Å². The molecule has 1 atom stereocenters. The summed E-state index contributed by atoms with van der Waals surface area (Å²) >= 11 is 7.25. The zero-order valence-electron chi connectivity index (χ0n) is 18.6. The number of ether oxygens (including phenoxy) is 1. The van der Waals surface area contributed by atoms with Gasteiger partial charge in [-0.15, -0.1) is 0 Å². The van der Waals surface area contributed by atoms with E-state index in [1.165, 1.54) is 22.0 Å². The van der Waals surface area contributed by atoms with Crippen molar-refractivity contribution < 1.29 is 14.5 Å². The van der Waals surface area contributed by atoms with Crippen LogP contribution in [0.5, 0.6) is 0 Å². The molecule has 8 nitrogen and oxygen atoms in total. The molecule has 2 aromatic carbocycles. The first kappa shape index (κ1) is 23.6. The minimum Gasteiger partial charge on any atom is -0.463 e. The number of carbonyl (C=O) groups is 1. The van der Waals surface area contributed by atoms with Crippen molar-refractivity contribution in [1.82, 2.24) is 4.57 Å². The Morgan fingerprint density at radius 2 is 2.06 bits per heavy atom. The number of halogens is 1. The van der Waals surface area contributed by atoms with Crippen LogP contribution < -0.4 is 14.9 Å². The zero-order chi connectivity index (χ0) is 24.6. The third kappa shape index (κ3) is 4.32. The summed E-state index contributed by atoms with van der Waals surface area (Å²) in [6.07, 6.45) is 1.70. The average Bonchev–Trinajstić information content (AvgIpc) is 3.07. The molecule has 34 heavy (non-hydrogen) atoms. The van der Waals surface area contributed by atoms with Crippen LogP contribution in [0.2, 0.25) is 5.02 Å². The summed E-state index contributed by atoms with van der Waals surface area (Å²) in [5.41, 5.74) is 1.72.